The third-order valence-corrected chi connectivity index (χ3v) is 4.96. The number of nitrogens with one attached hydrogen (secondary N) is 2. The van der Waals surface area contributed by atoms with E-state index in [0.717, 1.165) is 42.6 Å². The summed E-state index contributed by atoms with van der Waals surface area (Å²) in [4.78, 5) is 18.3. The van der Waals surface area contributed by atoms with Crippen molar-refractivity contribution in [2.45, 2.75) is 0 Å². The molecule has 0 aliphatic carbocycles. The van der Waals surface area contributed by atoms with Crippen molar-refractivity contribution in [3.05, 3.63) is 58.4 Å². The first-order chi connectivity index (χ1) is 14.4. The molecule has 30 heavy (non-hydrogen) atoms. The van der Waals surface area contributed by atoms with E-state index in [1.807, 2.05) is 0 Å². The van der Waals surface area contributed by atoms with Gasteiger partial charge < -0.3 is 25.3 Å². The topological polar surface area (TPSA) is 108 Å². The van der Waals surface area contributed by atoms with Gasteiger partial charge in [0.1, 0.15) is 6.61 Å². The van der Waals surface area contributed by atoms with Crippen LogP contribution < -0.4 is 5.32 Å². The minimum absolute atomic E-state index is 0.0888. The number of aromatic nitrogens is 1. The van der Waals surface area contributed by atoms with Gasteiger partial charge in [0.25, 0.3) is 0 Å². The predicted octanol–water partition coefficient (Wildman–Crippen LogP) is 2.79. The minimum atomic E-state index is -1.09. The smallest absolute Gasteiger partial charge is 0.357 e. The van der Waals surface area contributed by atoms with E-state index in [1.54, 1.807) is 0 Å². The fourth-order valence-corrected chi connectivity index (χ4v) is 3.31. The number of esters is 1. The van der Waals surface area contributed by atoms with Gasteiger partial charge in [-0.1, -0.05) is 0 Å². The molecule has 0 saturated carbocycles. The molecule has 1 saturated heterocycles. The molecular formula is C19H20F2N4O4S. The molecule has 11 heteroatoms. The van der Waals surface area contributed by atoms with Crippen LogP contribution in [0.1, 0.15) is 16.1 Å². The van der Waals surface area contributed by atoms with E-state index in [0.29, 0.717) is 19.8 Å². The predicted molar refractivity (Wildman–Crippen MR) is 107 cm³/mol. The highest BCUT2D eigenvalue weighted by Crippen LogP contribution is 2.18. The van der Waals surface area contributed by atoms with Gasteiger partial charge in [0.05, 0.1) is 18.9 Å². The van der Waals surface area contributed by atoms with Crippen molar-refractivity contribution in [3.63, 3.8) is 0 Å². The van der Waals surface area contributed by atoms with Crippen molar-refractivity contribution in [1.82, 2.24) is 9.88 Å². The molecule has 0 spiro atoms. The number of halogens is 2. The summed E-state index contributed by atoms with van der Waals surface area (Å²) >= 11 is 1.06. The number of thiazole rings is 1. The SMILES string of the molecule is N=C(/C=C(/O)Nc1nc(C(=O)OCCN2CCOCC2)cs1)c1ccc(F)c(F)c1. The van der Waals surface area contributed by atoms with Crippen LogP contribution in [0.3, 0.4) is 0 Å². The number of anilines is 1. The molecule has 1 fully saturated rings. The number of aliphatic hydroxyl groups excluding tert-OH is 1. The van der Waals surface area contributed by atoms with Crippen LogP contribution in [0.15, 0.2) is 35.5 Å². The molecule has 2 aromatic rings. The highest BCUT2D eigenvalue weighted by Gasteiger charge is 2.15. The molecule has 1 aliphatic heterocycles. The maximum Gasteiger partial charge on any atom is 0.357 e. The van der Waals surface area contributed by atoms with Gasteiger partial charge in [-0.15, -0.1) is 11.3 Å². The zero-order chi connectivity index (χ0) is 21.5. The number of nitrogens with zero attached hydrogens (tertiary/aromatic N) is 2. The van der Waals surface area contributed by atoms with E-state index in [-0.39, 0.29) is 28.7 Å². The van der Waals surface area contributed by atoms with Crippen LogP contribution >= 0.6 is 11.3 Å². The Morgan fingerprint density at radius 3 is 2.87 bits per heavy atom. The lowest BCUT2D eigenvalue weighted by Gasteiger charge is -2.26. The fourth-order valence-electron chi connectivity index (χ4n) is 2.62. The van der Waals surface area contributed by atoms with Crippen molar-refractivity contribution in [1.29, 1.82) is 5.41 Å². The zero-order valence-electron chi connectivity index (χ0n) is 15.9. The monoisotopic (exact) mass is 438 g/mol. The maximum absolute atomic E-state index is 13.3. The van der Waals surface area contributed by atoms with Crippen LogP contribution in [0.4, 0.5) is 13.9 Å². The number of hydrogen-bond donors (Lipinski definition) is 3. The van der Waals surface area contributed by atoms with Crippen molar-refractivity contribution >= 4 is 28.1 Å². The largest absolute Gasteiger partial charge is 0.494 e. The second-order valence-electron chi connectivity index (χ2n) is 6.32. The maximum atomic E-state index is 13.3. The summed E-state index contributed by atoms with van der Waals surface area (Å²) in [6.07, 6.45) is 1.02. The molecule has 3 N–H and O–H groups in total. The van der Waals surface area contributed by atoms with Gasteiger partial charge in [-0.3, -0.25) is 4.90 Å². The summed E-state index contributed by atoms with van der Waals surface area (Å²) in [6.45, 7) is 3.77. The first-order valence-corrected chi connectivity index (χ1v) is 9.95. The second-order valence-corrected chi connectivity index (χ2v) is 7.18. The van der Waals surface area contributed by atoms with Crippen LogP contribution in [0.5, 0.6) is 0 Å². The average molecular weight is 438 g/mol. The van der Waals surface area contributed by atoms with Crippen LogP contribution in [-0.4, -0.2) is 66.1 Å². The molecule has 1 aromatic carbocycles. The number of carbonyl (C=O) groups excluding carboxylic acids is 1. The van der Waals surface area contributed by atoms with Gasteiger partial charge in [-0.2, -0.15) is 0 Å². The number of allylic oxidation sites excluding steroid dienone is 1. The number of benzene rings is 1. The summed E-state index contributed by atoms with van der Waals surface area (Å²) in [5.74, 6) is -3.13. The molecule has 0 bridgehead atoms. The van der Waals surface area contributed by atoms with E-state index < -0.39 is 23.5 Å². The molecule has 1 aromatic heterocycles. The second kappa shape index (κ2) is 10.2. The Morgan fingerprint density at radius 1 is 1.37 bits per heavy atom. The Bertz CT molecular complexity index is 944. The molecule has 0 atom stereocenters. The highest BCUT2D eigenvalue weighted by atomic mass is 32.1. The third kappa shape index (κ3) is 6.05. The number of ether oxygens (including phenoxy) is 2. The minimum Gasteiger partial charge on any atom is -0.494 e. The molecule has 2 heterocycles. The molecule has 1 aliphatic rings. The number of morpholine rings is 1. The summed E-state index contributed by atoms with van der Waals surface area (Å²) < 4.78 is 36.7. The van der Waals surface area contributed by atoms with Crippen LogP contribution in [0, 0.1) is 17.0 Å². The Labute approximate surface area is 175 Å². The number of carbonyl (C=O) groups is 1. The van der Waals surface area contributed by atoms with E-state index in [2.05, 4.69) is 15.2 Å². The molecule has 3 rings (SSSR count). The molecule has 0 radical (unpaired) electrons. The lowest BCUT2D eigenvalue weighted by Crippen LogP contribution is -2.38. The lowest BCUT2D eigenvalue weighted by atomic mass is 10.1. The Hall–Kier alpha value is -2.89. The average Bonchev–Trinajstić information content (AvgIpc) is 3.19. The van der Waals surface area contributed by atoms with Crippen molar-refractivity contribution in [2.24, 2.45) is 0 Å². The molecule has 160 valence electrons. The van der Waals surface area contributed by atoms with Gasteiger partial charge in [-0.25, -0.2) is 18.6 Å². The van der Waals surface area contributed by atoms with Gasteiger partial charge in [-0.05, 0) is 18.2 Å². The van der Waals surface area contributed by atoms with E-state index in [1.165, 1.54) is 11.4 Å². The summed E-state index contributed by atoms with van der Waals surface area (Å²) in [6, 6.07) is 2.98. The first-order valence-electron chi connectivity index (χ1n) is 9.07. The van der Waals surface area contributed by atoms with Crippen LogP contribution in [-0.2, 0) is 9.47 Å². The van der Waals surface area contributed by atoms with Crippen molar-refractivity contribution in [2.75, 3.05) is 44.8 Å². The Kier molecular flexibility index (Phi) is 7.44. The normalized spacial score (nSPS) is 15.1. The Morgan fingerprint density at radius 2 is 2.13 bits per heavy atom. The van der Waals surface area contributed by atoms with Gasteiger partial charge in [0, 0.05) is 36.7 Å². The molecule has 0 amide bonds. The van der Waals surface area contributed by atoms with Gasteiger partial charge in [0.2, 0.25) is 0 Å². The van der Waals surface area contributed by atoms with Crippen molar-refractivity contribution in [3.8, 4) is 0 Å². The van der Waals surface area contributed by atoms with Gasteiger partial charge >= 0.3 is 5.97 Å². The number of hydrogen-bond acceptors (Lipinski definition) is 9. The highest BCUT2D eigenvalue weighted by molar-refractivity contribution is 7.13. The third-order valence-electron chi connectivity index (χ3n) is 4.20. The Balaban J connectivity index is 1.50. The van der Waals surface area contributed by atoms with E-state index >= 15 is 0 Å². The molecule has 0 unspecified atom stereocenters. The van der Waals surface area contributed by atoms with Gasteiger partial charge in [0.15, 0.2) is 28.3 Å². The molecule has 8 nitrogen and oxygen atoms in total. The molecular weight excluding hydrogens is 418 g/mol. The standard InChI is InChI=1S/C19H20F2N4O4S/c20-13-2-1-12(9-14(13)21)15(22)10-17(26)24-19-23-16(11-30-19)18(27)29-8-5-25-3-6-28-7-4-25/h1-2,9-11,22,26H,3-8H2,(H,23,24)/b17-10+,22-15?. The lowest BCUT2D eigenvalue weighted by molar-refractivity contribution is 0.0193. The quantitative estimate of drug-likeness (QED) is 0.330. The van der Waals surface area contributed by atoms with Crippen LogP contribution in [0.2, 0.25) is 0 Å². The number of rotatable bonds is 8. The van der Waals surface area contributed by atoms with E-state index in [4.69, 9.17) is 14.9 Å². The first kappa shape index (κ1) is 21.8. The van der Waals surface area contributed by atoms with Crippen LogP contribution in [0.25, 0.3) is 0 Å². The zero-order valence-corrected chi connectivity index (χ0v) is 16.7. The summed E-state index contributed by atoms with van der Waals surface area (Å²) in [7, 11) is 0. The van der Waals surface area contributed by atoms with Crippen molar-refractivity contribution < 1.29 is 28.2 Å². The summed E-state index contributed by atoms with van der Waals surface area (Å²) in [5.41, 5.74) is -0.0583. The number of aliphatic hydroxyl groups is 1. The summed E-state index contributed by atoms with van der Waals surface area (Å²) in [5, 5.41) is 22.1. The fraction of sp³-hybridized carbons (Fsp3) is 0.316. The van der Waals surface area contributed by atoms with E-state index in [9.17, 15) is 18.7 Å².